The number of amides is 3. The molecular formula is C17H20N2O4S. The third kappa shape index (κ3) is 5.13. The second-order valence-electron chi connectivity index (χ2n) is 5.11. The molecular weight excluding hydrogens is 328 g/mol. The predicted octanol–water partition coefficient (Wildman–Crippen LogP) is 2.30. The van der Waals surface area contributed by atoms with Crippen LogP contribution >= 0.6 is 11.8 Å². The van der Waals surface area contributed by atoms with Crippen molar-refractivity contribution in [2.45, 2.75) is 13.3 Å². The van der Waals surface area contributed by atoms with Crippen LogP contribution in [0, 0.1) is 0 Å². The third-order valence-electron chi connectivity index (χ3n) is 3.27. The molecule has 1 heterocycles. The molecule has 0 radical (unpaired) electrons. The van der Waals surface area contributed by atoms with Crippen molar-refractivity contribution in [1.29, 1.82) is 0 Å². The zero-order valence-corrected chi connectivity index (χ0v) is 14.3. The van der Waals surface area contributed by atoms with E-state index in [4.69, 9.17) is 4.74 Å². The lowest BCUT2D eigenvalue weighted by atomic mass is 10.2. The van der Waals surface area contributed by atoms with Crippen LogP contribution in [0.1, 0.15) is 18.9 Å². The molecule has 6 nitrogen and oxygen atoms in total. The Bertz CT molecular complexity index is 629. The normalized spacial score (nSPS) is 14.5. The first-order chi connectivity index (χ1) is 11.6. The summed E-state index contributed by atoms with van der Waals surface area (Å²) in [4.78, 5) is 35.9. The minimum atomic E-state index is -0.285. The minimum Gasteiger partial charge on any atom is -0.493 e. The Hall–Kier alpha value is -2.28. The number of para-hydroxylation sites is 1. The van der Waals surface area contributed by atoms with Gasteiger partial charge in [-0.15, -0.1) is 0 Å². The highest BCUT2D eigenvalue weighted by Crippen LogP contribution is 2.19. The Morgan fingerprint density at radius 1 is 1.38 bits per heavy atom. The summed E-state index contributed by atoms with van der Waals surface area (Å²) in [5.41, 5.74) is 0.822. The molecule has 0 spiro atoms. The molecule has 1 N–H and O–H groups in total. The van der Waals surface area contributed by atoms with Gasteiger partial charge in [0.2, 0.25) is 11.8 Å². The smallest absolute Gasteiger partial charge is 0.288 e. The van der Waals surface area contributed by atoms with E-state index in [1.54, 1.807) is 6.08 Å². The quantitative estimate of drug-likeness (QED) is 0.730. The first-order valence-corrected chi connectivity index (χ1v) is 8.75. The van der Waals surface area contributed by atoms with Crippen LogP contribution in [0.3, 0.4) is 0 Å². The molecule has 0 unspecified atom stereocenters. The molecule has 3 amide bonds. The highest BCUT2D eigenvalue weighted by molar-refractivity contribution is 8.14. The van der Waals surface area contributed by atoms with Crippen molar-refractivity contribution < 1.29 is 19.1 Å². The van der Waals surface area contributed by atoms with Crippen LogP contribution in [-0.2, 0) is 9.59 Å². The summed E-state index contributed by atoms with van der Waals surface area (Å²) < 4.78 is 5.62. The summed E-state index contributed by atoms with van der Waals surface area (Å²) in [5.74, 6) is 0.416. The van der Waals surface area contributed by atoms with Crippen molar-refractivity contribution in [3.63, 3.8) is 0 Å². The number of carbonyl (C=O) groups excluding carboxylic acids is 3. The highest BCUT2D eigenvalue weighted by atomic mass is 32.2. The van der Waals surface area contributed by atoms with Crippen LogP contribution in [0.15, 0.2) is 30.3 Å². The Morgan fingerprint density at radius 3 is 2.88 bits per heavy atom. The number of hydrogen-bond donors (Lipinski definition) is 1. The maximum atomic E-state index is 11.8. The van der Waals surface area contributed by atoms with Crippen molar-refractivity contribution >= 4 is 34.9 Å². The zero-order chi connectivity index (χ0) is 17.4. The first-order valence-electron chi connectivity index (χ1n) is 7.76. The molecule has 0 aliphatic carbocycles. The zero-order valence-electron chi connectivity index (χ0n) is 13.5. The van der Waals surface area contributed by atoms with Crippen LogP contribution in [-0.4, -0.2) is 47.4 Å². The van der Waals surface area contributed by atoms with Gasteiger partial charge in [-0.3, -0.25) is 19.3 Å². The van der Waals surface area contributed by atoms with Gasteiger partial charge in [0.1, 0.15) is 5.75 Å². The van der Waals surface area contributed by atoms with Crippen molar-refractivity contribution in [1.82, 2.24) is 10.2 Å². The van der Waals surface area contributed by atoms with Gasteiger partial charge in [-0.25, -0.2) is 0 Å². The van der Waals surface area contributed by atoms with E-state index in [1.807, 2.05) is 31.2 Å². The Labute approximate surface area is 145 Å². The summed E-state index contributed by atoms with van der Waals surface area (Å²) in [6.07, 6.45) is 4.00. The lowest BCUT2D eigenvalue weighted by molar-refractivity contribution is -0.125. The Balaban J connectivity index is 1.83. The molecule has 1 fully saturated rings. The van der Waals surface area contributed by atoms with E-state index in [0.717, 1.165) is 34.4 Å². The fourth-order valence-corrected chi connectivity index (χ4v) is 2.83. The van der Waals surface area contributed by atoms with Crippen LogP contribution in [0.2, 0.25) is 0 Å². The molecule has 0 bridgehead atoms. The van der Waals surface area contributed by atoms with E-state index in [9.17, 15) is 14.4 Å². The minimum absolute atomic E-state index is 0.182. The standard InChI is InChI=1S/C17H20N2O4S/c1-2-11-23-14-6-4-3-5-13(14)7-8-15(20)18-9-10-19-16(21)12-24-17(19)22/h3-8H,2,9-12H2,1H3,(H,18,20)/b8-7+. The van der Waals surface area contributed by atoms with Crippen LogP contribution in [0.5, 0.6) is 5.75 Å². The SMILES string of the molecule is CCCOc1ccccc1/C=C/C(=O)NCCN1C(=O)CSC1=O. The van der Waals surface area contributed by atoms with E-state index in [1.165, 1.54) is 6.08 Å². The number of rotatable bonds is 8. The molecule has 0 atom stereocenters. The molecule has 0 saturated carbocycles. The molecule has 128 valence electrons. The van der Waals surface area contributed by atoms with Gasteiger partial charge in [0.25, 0.3) is 5.24 Å². The average Bonchev–Trinajstić information content (AvgIpc) is 2.90. The summed E-state index contributed by atoms with van der Waals surface area (Å²) in [6.45, 7) is 3.07. The van der Waals surface area contributed by atoms with Gasteiger partial charge in [0.05, 0.1) is 12.4 Å². The lowest BCUT2D eigenvalue weighted by Crippen LogP contribution is -2.37. The second-order valence-corrected chi connectivity index (χ2v) is 6.04. The third-order valence-corrected chi connectivity index (χ3v) is 4.13. The lowest BCUT2D eigenvalue weighted by Gasteiger charge is -2.12. The largest absolute Gasteiger partial charge is 0.493 e. The number of thioether (sulfide) groups is 1. The fraction of sp³-hybridized carbons (Fsp3) is 0.353. The molecule has 2 rings (SSSR count). The Morgan fingerprint density at radius 2 is 2.17 bits per heavy atom. The maximum Gasteiger partial charge on any atom is 0.288 e. The van der Waals surface area contributed by atoms with E-state index in [2.05, 4.69) is 5.32 Å². The molecule has 1 aliphatic rings. The van der Waals surface area contributed by atoms with E-state index < -0.39 is 0 Å². The molecule has 0 aromatic heterocycles. The van der Waals surface area contributed by atoms with Gasteiger partial charge >= 0.3 is 0 Å². The van der Waals surface area contributed by atoms with Gasteiger partial charge in [-0.1, -0.05) is 36.9 Å². The summed E-state index contributed by atoms with van der Waals surface area (Å²) in [6, 6.07) is 7.48. The van der Waals surface area contributed by atoms with E-state index in [-0.39, 0.29) is 35.9 Å². The highest BCUT2D eigenvalue weighted by Gasteiger charge is 2.29. The number of imide groups is 1. The second kappa shape index (κ2) is 9.12. The number of hydrogen-bond acceptors (Lipinski definition) is 5. The fourth-order valence-electron chi connectivity index (χ4n) is 2.07. The van der Waals surface area contributed by atoms with Gasteiger partial charge in [-0.2, -0.15) is 0 Å². The summed E-state index contributed by atoms with van der Waals surface area (Å²) in [5, 5.41) is 2.40. The van der Waals surface area contributed by atoms with Crippen molar-refractivity contribution in [2.24, 2.45) is 0 Å². The Kier molecular flexibility index (Phi) is 6.87. The van der Waals surface area contributed by atoms with Crippen molar-refractivity contribution in [3.05, 3.63) is 35.9 Å². The molecule has 1 aliphatic heterocycles. The predicted molar refractivity (Wildman–Crippen MR) is 93.8 cm³/mol. The first kappa shape index (κ1) is 18.1. The number of ether oxygens (including phenoxy) is 1. The van der Waals surface area contributed by atoms with Gasteiger partial charge in [0, 0.05) is 24.7 Å². The van der Waals surface area contributed by atoms with Crippen LogP contribution in [0.4, 0.5) is 4.79 Å². The molecule has 1 saturated heterocycles. The van der Waals surface area contributed by atoms with E-state index in [0.29, 0.717) is 6.61 Å². The summed E-state index contributed by atoms with van der Waals surface area (Å²) in [7, 11) is 0. The van der Waals surface area contributed by atoms with Crippen LogP contribution in [0.25, 0.3) is 6.08 Å². The topological polar surface area (TPSA) is 75.7 Å². The molecule has 1 aromatic carbocycles. The number of carbonyl (C=O) groups is 3. The number of nitrogens with one attached hydrogen (secondary N) is 1. The number of benzene rings is 1. The average molecular weight is 348 g/mol. The summed E-state index contributed by atoms with van der Waals surface area (Å²) >= 11 is 0.985. The van der Waals surface area contributed by atoms with Crippen LogP contribution < -0.4 is 10.1 Å². The molecule has 1 aromatic rings. The van der Waals surface area contributed by atoms with Crippen molar-refractivity contribution in [3.8, 4) is 5.75 Å². The van der Waals surface area contributed by atoms with Gasteiger partial charge < -0.3 is 10.1 Å². The molecule has 7 heteroatoms. The monoisotopic (exact) mass is 348 g/mol. The van der Waals surface area contributed by atoms with E-state index >= 15 is 0 Å². The maximum absolute atomic E-state index is 11.8. The van der Waals surface area contributed by atoms with Gasteiger partial charge in [-0.05, 0) is 18.6 Å². The number of nitrogens with zero attached hydrogens (tertiary/aromatic N) is 1. The molecule has 24 heavy (non-hydrogen) atoms. The van der Waals surface area contributed by atoms with Gasteiger partial charge in [0.15, 0.2) is 0 Å². The van der Waals surface area contributed by atoms with Crippen molar-refractivity contribution in [2.75, 3.05) is 25.4 Å².